The molecule has 100 valence electrons. The van der Waals surface area contributed by atoms with E-state index in [1.165, 1.54) is 0 Å². The fourth-order valence-corrected chi connectivity index (χ4v) is 1.99. The van der Waals surface area contributed by atoms with Gasteiger partial charge < -0.3 is 9.15 Å². The minimum absolute atomic E-state index is 0.177. The van der Waals surface area contributed by atoms with Gasteiger partial charge in [0.05, 0.1) is 6.61 Å². The Balaban J connectivity index is 1.92. The maximum Gasteiger partial charge on any atom is 0.227 e. The first-order chi connectivity index (χ1) is 9.78. The van der Waals surface area contributed by atoms with E-state index in [0.717, 1.165) is 22.2 Å². The number of rotatable bonds is 3. The highest BCUT2D eigenvalue weighted by Gasteiger charge is 2.08. The highest BCUT2D eigenvalue weighted by Crippen LogP contribution is 2.24. The Morgan fingerprint density at radius 2 is 1.90 bits per heavy atom. The van der Waals surface area contributed by atoms with Crippen LogP contribution in [0.1, 0.15) is 12.5 Å². The molecule has 1 heterocycles. The van der Waals surface area contributed by atoms with Crippen LogP contribution in [-0.2, 0) is 4.74 Å². The molecule has 0 saturated heterocycles. The fraction of sp³-hybridized carbons (Fsp3) is 0.125. The van der Waals surface area contributed by atoms with E-state index < -0.39 is 0 Å². The number of fused-ring (bicyclic) bond motifs is 1. The highest BCUT2D eigenvalue weighted by atomic mass is 16.5. The molecule has 20 heavy (non-hydrogen) atoms. The molecule has 1 aromatic heterocycles. The Hall–Kier alpha value is -2.62. The maximum absolute atomic E-state index is 7.73. The summed E-state index contributed by atoms with van der Waals surface area (Å²) in [6, 6.07) is 15.1. The Labute approximate surface area is 116 Å². The van der Waals surface area contributed by atoms with Crippen molar-refractivity contribution < 1.29 is 9.15 Å². The van der Waals surface area contributed by atoms with E-state index in [1.807, 2.05) is 55.5 Å². The van der Waals surface area contributed by atoms with E-state index >= 15 is 0 Å². The zero-order chi connectivity index (χ0) is 13.9. The third-order valence-corrected chi connectivity index (χ3v) is 2.98. The lowest BCUT2D eigenvalue weighted by molar-refractivity contribution is 0.325. The first-order valence-corrected chi connectivity index (χ1v) is 6.45. The molecule has 0 fully saturated rings. The van der Waals surface area contributed by atoms with Crippen LogP contribution < -0.4 is 0 Å². The van der Waals surface area contributed by atoms with E-state index in [4.69, 9.17) is 14.6 Å². The quantitative estimate of drug-likeness (QED) is 0.578. The molecule has 4 nitrogen and oxygen atoms in total. The third-order valence-electron chi connectivity index (χ3n) is 2.98. The molecule has 0 spiro atoms. The summed E-state index contributed by atoms with van der Waals surface area (Å²) in [5.74, 6) is 0.761. The van der Waals surface area contributed by atoms with Gasteiger partial charge in [-0.25, -0.2) is 4.98 Å². The normalized spacial score (nSPS) is 10.7. The summed E-state index contributed by atoms with van der Waals surface area (Å²) in [6.45, 7) is 2.35. The van der Waals surface area contributed by atoms with E-state index in [-0.39, 0.29) is 5.90 Å². The van der Waals surface area contributed by atoms with Crippen LogP contribution in [0.15, 0.2) is 52.9 Å². The van der Waals surface area contributed by atoms with Crippen LogP contribution in [0.25, 0.3) is 22.6 Å². The van der Waals surface area contributed by atoms with Gasteiger partial charge in [0.15, 0.2) is 5.58 Å². The molecule has 4 heteroatoms. The van der Waals surface area contributed by atoms with Crippen LogP contribution in [0, 0.1) is 5.41 Å². The van der Waals surface area contributed by atoms with Gasteiger partial charge in [-0.05, 0) is 43.3 Å². The summed E-state index contributed by atoms with van der Waals surface area (Å²) in [4.78, 5) is 4.44. The van der Waals surface area contributed by atoms with Crippen molar-refractivity contribution in [2.45, 2.75) is 6.92 Å². The van der Waals surface area contributed by atoms with Crippen molar-refractivity contribution in [3.05, 3.63) is 54.1 Å². The summed E-state index contributed by atoms with van der Waals surface area (Å²) in [5, 5.41) is 7.73. The first-order valence-electron chi connectivity index (χ1n) is 6.45. The minimum atomic E-state index is 0.177. The van der Waals surface area contributed by atoms with Gasteiger partial charge in [-0.1, -0.05) is 12.1 Å². The number of nitrogens with zero attached hydrogens (tertiary/aromatic N) is 1. The highest BCUT2D eigenvalue weighted by molar-refractivity contribution is 5.92. The molecular weight excluding hydrogens is 252 g/mol. The number of nitrogens with one attached hydrogen (secondary N) is 1. The van der Waals surface area contributed by atoms with E-state index in [0.29, 0.717) is 12.5 Å². The number of aromatic nitrogens is 1. The topological polar surface area (TPSA) is 59.1 Å². The van der Waals surface area contributed by atoms with Gasteiger partial charge >= 0.3 is 0 Å². The summed E-state index contributed by atoms with van der Waals surface area (Å²) in [6.07, 6.45) is 0. The molecule has 1 N–H and O–H groups in total. The van der Waals surface area contributed by atoms with Crippen LogP contribution in [-0.4, -0.2) is 17.5 Å². The van der Waals surface area contributed by atoms with Gasteiger partial charge in [0, 0.05) is 11.1 Å². The van der Waals surface area contributed by atoms with Crippen molar-refractivity contribution >= 4 is 17.0 Å². The standard InChI is InChI=1S/C16H14N2O2/c1-2-19-15(17)11-7-9-12(10-8-11)16-18-13-5-3-4-6-14(13)20-16/h3-10,17H,2H2,1H3. The van der Waals surface area contributed by atoms with Gasteiger partial charge in [0.1, 0.15) is 5.52 Å². The lowest BCUT2D eigenvalue weighted by atomic mass is 10.1. The van der Waals surface area contributed by atoms with Crippen LogP contribution in [0.5, 0.6) is 0 Å². The van der Waals surface area contributed by atoms with Crippen LogP contribution in [0.3, 0.4) is 0 Å². The molecule has 0 atom stereocenters. The van der Waals surface area contributed by atoms with Crippen molar-refractivity contribution in [2.75, 3.05) is 6.61 Å². The minimum Gasteiger partial charge on any atom is -0.478 e. The molecular formula is C16H14N2O2. The predicted molar refractivity (Wildman–Crippen MR) is 77.9 cm³/mol. The molecule has 3 aromatic rings. The Kier molecular flexibility index (Phi) is 3.21. The number of oxazole rings is 1. The van der Waals surface area contributed by atoms with E-state index in [1.54, 1.807) is 0 Å². The molecule has 0 radical (unpaired) electrons. The molecule has 0 aliphatic heterocycles. The zero-order valence-corrected chi connectivity index (χ0v) is 11.1. The van der Waals surface area contributed by atoms with Crippen molar-refractivity contribution in [1.29, 1.82) is 5.41 Å². The Morgan fingerprint density at radius 3 is 2.60 bits per heavy atom. The fourth-order valence-electron chi connectivity index (χ4n) is 1.99. The van der Waals surface area contributed by atoms with E-state index in [9.17, 15) is 0 Å². The van der Waals surface area contributed by atoms with Gasteiger partial charge in [-0.2, -0.15) is 0 Å². The summed E-state index contributed by atoms with van der Waals surface area (Å²) in [5.41, 5.74) is 3.24. The molecule has 3 rings (SSSR count). The Morgan fingerprint density at radius 1 is 1.15 bits per heavy atom. The average molecular weight is 266 g/mol. The number of hydrogen-bond donors (Lipinski definition) is 1. The van der Waals surface area contributed by atoms with Gasteiger partial charge in [-0.15, -0.1) is 0 Å². The lowest BCUT2D eigenvalue weighted by Crippen LogP contribution is -2.04. The molecule has 0 saturated carbocycles. The predicted octanol–water partition coefficient (Wildman–Crippen LogP) is 3.86. The molecule has 0 aliphatic rings. The number of benzene rings is 2. The lowest BCUT2D eigenvalue weighted by Gasteiger charge is -2.04. The van der Waals surface area contributed by atoms with Crippen molar-refractivity contribution in [1.82, 2.24) is 4.98 Å². The van der Waals surface area contributed by atoms with Crippen molar-refractivity contribution in [3.63, 3.8) is 0 Å². The first kappa shape index (κ1) is 12.4. The Bertz CT molecular complexity index is 712. The SMILES string of the molecule is CCOC(=N)c1ccc(-c2nc3ccccc3o2)cc1. The summed E-state index contributed by atoms with van der Waals surface area (Å²) < 4.78 is 10.9. The maximum atomic E-state index is 7.73. The van der Waals surface area contributed by atoms with Gasteiger partial charge in [0.2, 0.25) is 11.8 Å². The van der Waals surface area contributed by atoms with Gasteiger partial charge in [-0.3, -0.25) is 5.41 Å². The third kappa shape index (κ3) is 2.28. The van der Waals surface area contributed by atoms with Crippen LogP contribution in [0.4, 0.5) is 0 Å². The molecule has 2 aromatic carbocycles. The summed E-state index contributed by atoms with van der Waals surface area (Å²) in [7, 11) is 0. The second kappa shape index (κ2) is 5.17. The number of hydrogen-bond acceptors (Lipinski definition) is 4. The number of ether oxygens (including phenoxy) is 1. The molecule has 0 amide bonds. The van der Waals surface area contributed by atoms with Crippen molar-refractivity contribution in [3.8, 4) is 11.5 Å². The van der Waals surface area contributed by atoms with Crippen LogP contribution in [0.2, 0.25) is 0 Å². The molecule has 0 bridgehead atoms. The van der Waals surface area contributed by atoms with Crippen LogP contribution >= 0.6 is 0 Å². The molecule has 0 unspecified atom stereocenters. The average Bonchev–Trinajstić information content (AvgIpc) is 2.91. The molecule has 0 aliphatic carbocycles. The summed E-state index contributed by atoms with van der Waals surface area (Å²) >= 11 is 0. The second-order valence-electron chi connectivity index (χ2n) is 4.33. The zero-order valence-electron chi connectivity index (χ0n) is 11.1. The second-order valence-corrected chi connectivity index (χ2v) is 4.33. The monoisotopic (exact) mass is 266 g/mol. The van der Waals surface area contributed by atoms with Crippen molar-refractivity contribution in [2.24, 2.45) is 0 Å². The smallest absolute Gasteiger partial charge is 0.227 e. The van der Waals surface area contributed by atoms with E-state index in [2.05, 4.69) is 4.98 Å². The number of para-hydroxylation sites is 2. The largest absolute Gasteiger partial charge is 0.478 e. The van der Waals surface area contributed by atoms with Gasteiger partial charge in [0.25, 0.3) is 0 Å².